The van der Waals surface area contributed by atoms with Crippen LogP contribution in [0, 0.1) is 0 Å². The van der Waals surface area contributed by atoms with Crippen molar-refractivity contribution >= 4 is 0 Å². The molecular weight excluding hydrogens is 128 g/mol. The second-order valence-corrected chi connectivity index (χ2v) is 2.90. The van der Waals surface area contributed by atoms with Crippen LogP contribution in [0.4, 0.5) is 0 Å². The number of ether oxygens (including phenoxy) is 1. The van der Waals surface area contributed by atoms with Crippen molar-refractivity contribution in [3.8, 4) is 0 Å². The highest BCUT2D eigenvalue weighted by atomic mass is 16.5. The molecule has 1 N–H and O–H groups in total. The molecule has 60 valence electrons. The van der Waals surface area contributed by atoms with E-state index in [0.29, 0.717) is 6.10 Å². The van der Waals surface area contributed by atoms with E-state index in [0.717, 1.165) is 12.8 Å². The Morgan fingerprint density at radius 3 is 2.70 bits per heavy atom. The van der Waals surface area contributed by atoms with Gasteiger partial charge in [-0.1, -0.05) is 6.92 Å². The second kappa shape index (κ2) is 3.94. The van der Waals surface area contributed by atoms with E-state index < -0.39 is 0 Å². The average molecular weight is 144 g/mol. The smallest absolute Gasteiger partial charge is 0.0809 e. The van der Waals surface area contributed by atoms with E-state index in [4.69, 9.17) is 9.84 Å². The molecule has 1 fully saturated rings. The van der Waals surface area contributed by atoms with E-state index in [1.165, 1.54) is 12.8 Å². The minimum atomic E-state index is 0.124. The molecule has 1 rings (SSSR count). The summed E-state index contributed by atoms with van der Waals surface area (Å²) in [6, 6.07) is 0. The fourth-order valence-corrected chi connectivity index (χ4v) is 1.42. The highest BCUT2D eigenvalue weighted by Crippen LogP contribution is 2.20. The second-order valence-electron chi connectivity index (χ2n) is 2.90. The summed E-state index contributed by atoms with van der Waals surface area (Å²) in [4.78, 5) is 0. The van der Waals surface area contributed by atoms with Gasteiger partial charge in [0.15, 0.2) is 0 Å². The lowest BCUT2D eigenvalue weighted by atomic mass is 10.0. The quantitative estimate of drug-likeness (QED) is 0.633. The molecule has 0 spiro atoms. The lowest BCUT2D eigenvalue weighted by Crippen LogP contribution is -2.29. The van der Waals surface area contributed by atoms with Crippen LogP contribution in [0.15, 0.2) is 0 Å². The van der Waals surface area contributed by atoms with E-state index in [9.17, 15) is 0 Å². The molecule has 1 aliphatic rings. The van der Waals surface area contributed by atoms with Crippen LogP contribution in [0.25, 0.3) is 0 Å². The van der Waals surface area contributed by atoms with E-state index in [2.05, 4.69) is 6.92 Å². The topological polar surface area (TPSA) is 29.5 Å². The van der Waals surface area contributed by atoms with Crippen LogP contribution in [0.1, 0.15) is 32.6 Å². The molecule has 0 aliphatic carbocycles. The molecule has 2 nitrogen and oxygen atoms in total. The fourth-order valence-electron chi connectivity index (χ4n) is 1.42. The maximum absolute atomic E-state index is 8.78. The first-order chi connectivity index (χ1) is 4.86. The van der Waals surface area contributed by atoms with Crippen LogP contribution in [0.5, 0.6) is 0 Å². The lowest BCUT2D eigenvalue weighted by molar-refractivity contribution is -0.0725. The Balaban J connectivity index is 2.25. The normalized spacial score (nSPS) is 34.2. The highest BCUT2D eigenvalue weighted by molar-refractivity contribution is 4.68. The van der Waals surface area contributed by atoms with Crippen molar-refractivity contribution in [2.45, 2.75) is 44.8 Å². The molecule has 0 aromatic carbocycles. The number of hydrogen-bond donors (Lipinski definition) is 1. The van der Waals surface area contributed by atoms with Gasteiger partial charge in [-0.25, -0.2) is 0 Å². The van der Waals surface area contributed by atoms with Gasteiger partial charge in [0.05, 0.1) is 18.8 Å². The molecule has 0 bridgehead atoms. The molecule has 0 amide bonds. The first-order valence-corrected chi connectivity index (χ1v) is 4.13. The third kappa shape index (κ3) is 1.96. The number of aliphatic hydroxyl groups excluding tert-OH is 1. The van der Waals surface area contributed by atoms with Gasteiger partial charge in [0.2, 0.25) is 0 Å². The Labute approximate surface area is 62.2 Å². The molecule has 1 saturated heterocycles. The Kier molecular flexibility index (Phi) is 3.16. The average Bonchev–Trinajstić information content (AvgIpc) is 2.05. The maximum atomic E-state index is 8.78. The number of rotatable bonds is 2. The Hall–Kier alpha value is -0.0800. The summed E-state index contributed by atoms with van der Waals surface area (Å²) in [5, 5.41) is 8.78. The van der Waals surface area contributed by atoms with Gasteiger partial charge in [0, 0.05) is 0 Å². The van der Waals surface area contributed by atoms with Gasteiger partial charge in [-0.05, 0) is 25.7 Å². The largest absolute Gasteiger partial charge is 0.394 e. The summed E-state index contributed by atoms with van der Waals surface area (Å²) in [7, 11) is 0. The summed E-state index contributed by atoms with van der Waals surface area (Å²) in [5.74, 6) is 0. The Bertz CT molecular complexity index is 83.3. The van der Waals surface area contributed by atoms with Crippen LogP contribution >= 0.6 is 0 Å². The zero-order valence-corrected chi connectivity index (χ0v) is 6.55. The molecule has 0 aromatic heterocycles. The minimum Gasteiger partial charge on any atom is -0.394 e. The summed E-state index contributed by atoms with van der Waals surface area (Å²) >= 11 is 0. The first kappa shape index (κ1) is 8.02. The molecule has 0 aromatic rings. The van der Waals surface area contributed by atoms with Crippen LogP contribution in [0.2, 0.25) is 0 Å². The lowest BCUT2D eigenvalue weighted by Gasteiger charge is -2.27. The van der Waals surface area contributed by atoms with Crippen molar-refractivity contribution in [1.29, 1.82) is 0 Å². The zero-order chi connectivity index (χ0) is 7.40. The molecule has 1 heterocycles. The molecule has 10 heavy (non-hydrogen) atoms. The minimum absolute atomic E-state index is 0.124. The van der Waals surface area contributed by atoms with Gasteiger partial charge in [-0.2, -0.15) is 0 Å². The molecule has 0 radical (unpaired) electrons. The van der Waals surface area contributed by atoms with Crippen molar-refractivity contribution < 1.29 is 9.84 Å². The molecule has 0 saturated carbocycles. The number of aliphatic hydroxyl groups is 1. The van der Waals surface area contributed by atoms with Gasteiger partial charge in [-0.3, -0.25) is 0 Å². The Morgan fingerprint density at radius 1 is 1.40 bits per heavy atom. The van der Waals surface area contributed by atoms with Crippen LogP contribution in [0.3, 0.4) is 0 Å². The van der Waals surface area contributed by atoms with E-state index >= 15 is 0 Å². The fraction of sp³-hybridized carbons (Fsp3) is 1.00. The van der Waals surface area contributed by atoms with Gasteiger partial charge >= 0.3 is 0 Å². The highest BCUT2D eigenvalue weighted by Gasteiger charge is 2.19. The van der Waals surface area contributed by atoms with Gasteiger partial charge in [0.1, 0.15) is 0 Å². The molecule has 2 heteroatoms. The summed E-state index contributed by atoms with van der Waals surface area (Å²) in [5.41, 5.74) is 0. The molecule has 2 unspecified atom stereocenters. The van der Waals surface area contributed by atoms with Crippen LogP contribution in [-0.4, -0.2) is 23.9 Å². The van der Waals surface area contributed by atoms with Gasteiger partial charge in [0.25, 0.3) is 0 Å². The Morgan fingerprint density at radius 2 is 2.10 bits per heavy atom. The van der Waals surface area contributed by atoms with E-state index in [1.54, 1.807) is 0 Å². The SMILES string of the molecule is CCC1CCCC(CO)O1. The predicted octanol–water partition coefficient (Wildman–Crippen LogP) is 1.33. The molecule has 2 atom stereocenters. The van der Waals surface area contributed by atoms with Crippen molar-refractivity contribution in [1.82, 2.24) is 0 Å². The number of hydrogen-bond acceptors (Lipinski definition) is 2. The maximum Gasteiger partial charge on any atom is 0.0809 e. The zero-order valence-electron chi connectivity index (χ0n) is 6.55. The van der Waals surface area contributed by atoms with E-state index in [-0.39, 0.29) is 12.7 Å². The van der Waals surface area contributed by atoms with Crippen LogP contribution in [-0.2, 0) is 4.74 Å². The van der Waals surface area contributed by atoms with E-state index in [1.807, 2.05) is 0 Å². The summed E-state index contributed by atoms with van der Waals surface area (Å²) in [6.07, 6.45) is 5.03. The predicted molar refractivity (Wildman–Crippen MR) is 39.9 cm³/mol. The van der Waals surface area contributed by atoms with Gasteiger partial charge in [-0.15, -0.1) is 0 Å². The van der Waals surface area contributed by atoms with Gasteiger partial charge < -0.3 is 9.84 Å². The molecular formula is C8H16O2. The third-order valence-electron chi connectivity index (χ3n) is 2.10. The van der Waals surface area contributed by atoms with Crippen molar-refractivity contribution in [2.24, 2.45) is 0 Å². The van der Waals surface area contributed by atoms with Crippen molar-refractivity contribution in [2.75, 3.05) is 6.61 Å². The summed E-state index contributed by atoms with van der Waals surface area (Å²) in [6.45, 7) is 2.32. The van der Waals surface area contributed by atoms with Crippen molar-refractivity contribution in [3.05, 3.63) is 0 Å². The summed E-state index contributed by atoms with van der Waals surface area (Å²) < 4.78 is 5.53. The first-order valence-electron chi connectivity index (χ1n) is 4.13. The molecule has 1 aliphatic heterocycles. The third-order valence-corrected chi connectivity index (χ3v) is 2.10. The monoisotopic (exact) mass is 144 g/mol. The van der Waals surface area contributed by atoms with Crippen molar-refractivity contribution in [3.63, 3.8) is 0 Å². The van der Waals surface area contributed by atoms with Crippen LogP contribution < -0.4 is 0 Å². The standard InChI is InChI=1S/C8H16O2/c1-2-7-4-3-5-8(6-9)10-7/h7-9H,2-6H2,1H3.